The molecule has 4 nitrogen and oxygen atoms in total. The second-order valence-corrected chi connectivity index (χ2v) is 6.46. The Kier molecular flexibility index (Phi) is 5.30. The molecule has 1 aliphatic rings. The SMILES string of the molecule is O=C(O)CCN(Cc1ccc(F)c(F)c1)C(=O)c1ccc2c(c1)CCC2. The summed E-state index contributed by atoms with van der Waals surface area (Å²) in [5, 5.41) is 8.94. The number of carbonyl (C=O) groups is 2. The van der Waals surface area contributed by atoms with Crippen molar-refractivity contribution in [2.75, 3.05) is 6.54 Å². The Balaban J connectivity index is 1.83. The molecule has 2 aromatic rings. The van der Waals surface area contributed by atoms with Gasteiger partial charge in [0.2, 0.25) is 0 Å². The Hall–Kier alpha value is -2.76. The molecule has 0 unspecified atom stereocenters. The molecule has 0 bridgehead atoms. The van der Waals surface area contributed by atoms with Crippen molar-refractivity contribution in [3.8, 4) is 0 Å². The van der Waals surface area contributed by atoms with E-state index in [9.17, 15) is 18.4 Å². The molecule has 136 valence electrons. The molecule has 0 heterocycles. The molecular weight excluding hydrogens is 340 g/mol. The van der Waals surface area contributed by atoms with Crippen LogP contribution in [0.2, 0.25) is 0 Å². The summed E-state index contributed by atoms with van der Waals surface area (Å²) < 4.78 is 26.6. The largest absolute Gasteiger partial charge is 0.481 e. The number of aryl methyl sites for hydroxylation is 2. The first kappa shape index (κ1) is 18.0. The number of rotatable bonds is 6. The minimum Gasteiger partial charge on any atom is -0.481 e. The quantitative estimate of drug-likeness (QED) is 0.858. The van der Waals surface area contributed by atoms with Crippen molar-refractivity contribution in [2.45, 2.75) is 32.2 Å². The molecule has 0 atom stereocenters. The van der Waals surface area contributed by atoms with Crippen molar-refractivity contribution >= 4 is 11.9 Å². The van der Waals surface area contributed by atoms with Crippen LogP contribution in [0.25, 0.3) is 0 Å². The van der Waals surface area contributed by atoms with Crippen LogP contribution in [-0.2, 0) is 24.2 Å². The number of amides is 1. The van der Waals surface area contributed by atoms with Gasteiger partial charge in [-0.2, -0.15) is 0 Å². The molecule has 0 saturated carbocycles. The zero-order valence-corrected chi connectivity index (χ0v) is 14.2. The van der Waals surface area contributed by atoms with E-state index in [1.54, 1.807) is 6.07 Å². The maximum absolute atomic E-state index is 13.4. The van der Waals surface area contributed by atoms with Gasteiger partial charge in [0.1, 0.15) is 0 Å². The fraction of sp³-hybridized carbons (Fsp3) is 0.300. The van der Waals surface area contributed by atoms with Crippen molar-refractivity contribution in [1.82, 2.24) is 4.90 Å². The first-order chi connectivity index (χ1) is 12.4. The third-order valence-corrected chi connectivity index (χ3v) is 4.59. The van der Waals surface area contributed by atoms with Crippen molar-refractivity contribution in [1.29, 1.82) is 0 Å². The Bertz CT molecular complexity index is 851. The molecule has 2 aromatic carbocycles. The van der Waals surface area contributed by atoms with Crippen LogP contribution in [0, 0.1) is 11.6 Å². The number of hydrogen-bond donors (Lipinski definition) is 1. The average molecular weight is 359 g/mol. The smallest absolute Gasteiger partial charge is 0.305 e. The van der Waals surface area contributed by atoms with Crippen molar-refractivity contribution in [3.05, 3.63) is 70.3 Å². The summed E-state index contributed by atoms with van der Waals surface area (Å²) in [5.74, 6) is -3.30. The number of benzene rings is 2. The number of aliphatic carboxylic acids is 1. The number of nitrogens with zero attached hydrogens (tertiary/aromatic N) is 1. The lowest BCUT2D eigenvalue weighted by Crippen LogP contribution is -2.32. The van der Waals surface area contributed by atoms with E-state index in [1.807, 2.05) is 12.1 Å². The number of carbonyl (C=O) groups excluding carboxylic acids is 1. The topological polar surface area (TPSA) is 57.6 Å². The number of hydrogen-bond acceptors (Lipinski definition) is 2. The van der Waals surface area contributed by atoms with Crippen LogP contribution < -0.4 is 0 Å². The van der Waals surface area contributed by atoms with Crippen LogP contribution >= 0.6 is 0 Å². The van der Waals surface area contributed by atoms with Gasteiger partial charge in [0, 0.05) is 18.7 Å². The number of carboxylic acids is 1. The maximum atomic E-state index is 13.4. The van der Waals surface area contributed by atoms with E-state index >= 15 is 0 Å². The Morgan fingerprint density at radius 1 is 1.00 bits per heavy atom. The monoisotopic (exact) mass is 359 g/mol. The zero-order chi connectivity index (χ0) is 18.7. The molecule has 0 aromatic heterocycles. The third-order valence-electron chi connectivity index (χ3n) is 4.59. The summed E-state index contributed by atoms with van der Waals surface area (Å²) in [6.45, 7) is 0.00461. The standard InChI is InChI=1S/C20H19F2NO3/c21-17-7-4-13(10-18(17)22)12-23(9-8-19(24)25)20(26)16-6-5-14-2-1-3-15(14)11-16/h4-7,10-11H,1-3,8-9,12H2,(H,24,25). The molecule has 6 heteroatoms. The van der Waals surface area contributed by atoms with Crippen LogP contribution in [0.4, 0.5) is 8.78 Å². The van der Waals surface area contributed by atoms with E-state index in [4.69, 9.17) is 5.11 Å². The van der Waals surface area contributed by atoms with Crippen LogP contribution in [-0.4, -0.2) is 28.4 Å². The van der Waals surface area contributed by atoms with Gasteiger partial charge in [-0.1, -0.05) is 12.1 Å². The molecule has 3 rings (SSSR count). The van der Waals surface area contributed by atoms with E-state index in [0.717, 1.165) is 37.0 Å². The predicted octanol–water partition coefficient (Wildman–Crippen LogP) is 3.57. The second kappa shape index (κ2) is 7.64. The van der Waals surface area contributed by atoms with Gasteiger partial charge < -0.3 is 10.0 Å². The number of carboxylic acid groups (broad SMARTS) is 1. The minimum absolute atomic E-state index is 0.00968. The molecule has 0 fully saturated rings. The Morgan fingerprint density at radius 2 is 1.77 bits per heavy atom. The van der Waals surface area contributed by atoms with E-state index in [0.29, 0.717) is 11.1 Å². The number of halogens is 2. The van der Waals surface area contributed by atoms with Gasteiger partial charge in [-0.3, -0.25) is 9.59 Å². The van der Waals surface area contributed by atoms with Gasteiger partial charge in [-0.05, 0) is 60.2 Å². The second-order valence-electron chi connectivity index (χ2n) is 6.46. The fourth-order valence-corrected chi connectivity index (χ4v) is 3.23. The molecule has 1 aliphatic carbocycles. The van der Waals surface area contributed by atoms with Crippen LogP contribution in [0.15, 0.2) is 36.4 Å². The van der Waals surface area contributed by atoms with Crippen molar-refractivity contribution in [3.63, 3.8) is 0 Å². The van der Waals surface area contributed by atoms with Crippen LogP contribution in [0.5, 0.6) is 0 Å². The first-order valence-electron chi connectivity index (χ1n) is 8.51. The van der Waals surface area contributed by atoms with Crippen LogP contribution in [0.1, 0.15) is 39.9 Å². The molecule has 26 heavy (non-hydrogen) atoms. The van der Waals surface area contributed by atoms with Crippen molar-refractivity contribution in [2.24, 2.45) is 0 Å². The molecule has 1 N–H and O–H groups in total. The summed E-state index contributed by atoms with van der Waals surface area (Å²) in [6.07, 6.45) is 2.76. The molecule has 0 aliphatic heterocycles. The molecule has 1 amide bonds. The molecule has 0 saturated heterocycles. The molecular formula is C20H19F2NO3. The lowest BCUT2D eigenvalue weighted by molar-refractivity contribution is -0.137. The van der Waals surface area contributed by atoms with Gasteiger partial charge in [0.05, 0.1) is 6.42 Å². The molecule has 0 radical (unpaired) electrons. The highest BCUT2D eigenvalue weighted by Gasteiger charge is 2.20. The highest BCUT2D eigenvalue weighted by atomic mass is 19.2. The highest BCUT2D eigenvalue weighted by Crippen LogP contribution is 2.24. The van der Waals surface area contributed by atoms with Gasteiger partial charge in [-0.15, -0.1) is 0 Å². The van der Waals surface area contributed by atoms with E-state index in [2.05, 4.69) is 0 Å². The zero-order valence-electron chi connectivity index (χ0n) is 14.2. The van der Waals surface area contributed by atoms with Gasteiger partial charge in [-0.25, -0.2) is 8.78 Å². The fourth-order valence-electron chi connectivity index (χ4n) is 3.23. The summed E-state index contributed by atoms with van der Waals surface area (Å²) in [6, 6.07) is 8.94. The van der Waals surface area contributed by atoms with Gasteiger partial charge >= 0.3 is 5.97 Å². The van der Waals surface area contributed by atoms with E-state index in [-0.39, 0.29) is 25.4 Å². The third kappa shape index (κ3) is 4.07. The average Bonchev–Trinajstić information content (AvgIpc) is 3.08. The summed E-state index contributed by atoms with van der Waals surface area (Å²) >= 11 is 0. The predicted molar refractivity (Wildman–Crippen MR) is 91.8 cm³/mol. The lowest BCUT2D eigenvalue weighted by atomic mass is 10.0. The Labute approximate surface area is 150 Å². The van der Waals surface area contributed by atoms with Gasteiger partial charge in [0.15, 0.2) is 11.6 Å². The van der Waals surface area contributed by atoms with Gasteiger partial charge in [0.25, 0.3) is 5.91 Å². The van der Waals surface area contributed by atoms with E-state index in [1.165, 1.54) is 16.5 Å². The Morgan fingerprint density at radius 3 is 2.50 bits per heavy atom. The normalized spacial score (nSPS) is 12.7. The summed E-state index contributed by atoms with van der Waals surface area (Å²) in [7, 11) is 0. The van der Waals surface area contributed by atoms with Crippen molar-refractivity contribution < 1.29 is 23.5 Å². The summed E-state index contributed by atoms with van der Waals surface area (Å²) in [4.78, 5) is 25.2. The number of fused-ring (bicyclic) bond motifs is 1. The highest BCUT2D eigenvalue weighted by molar-refractivity contribution is 5.94. The summed E-state index contributed by atoms with van der Waals surface area (Å²) in [5.41, 5.74) is 3.27. The first-order valence-corrected chi connectivity index (χ1v) is 8.51. The maximum Gasteiger partial charge on any atom is 0.305 e. The lowest BCUT2D eigenvalue weighted by Gasteiger charge is -2.23. The molecule has 0 spiro atoms. The van der Waals surface area contributed by atoms with Crippen LogP contribution in [0.3, 0.4) is 0 Å². The minimum atomic E-state index is -1.03. The van der Waals surface area contributed by atoms with E-state index < -0.39 is 17.6 Å².